The maximum atomic E-state index is 10.2. The molecule has 2 heterocycles. The summed E-state index contributed by atoms with van der Waals surface area (Å²) in [6.45, 7) is 6.42. The normalized spacial score (nSPS) is 17.9. The van der Waals surface area contributed by atoms with Crippen LogP contribution in [0.2, 0.25) is 0 Å². The van der Waals surface area contributed by atoms with Crippen molar-refractivity contribution in [3.05, 3.63) is 42.3 Å². The van der Waals surface area contributed by atoms with Gasteiger partial charge >= 0.3 is 0 Å². The number of rotatable bonds is 7. The molecule has 0 saturated carbocycles. The Morgan fingerprint density at radius 1 is 1.29 bits per heavy atom. The molecular weight excluding hydrogens is 302 g/mol. The first kappa shape index (κ1) is 17.1. The Morgan fingerprint density at radius 3 is 2.79 bits per heavy atom. The van der Waals surface area contributed by atoms with Gasteiger partial charge in [-0.25, -0.2) is 4.98 Å². The summed E-state index contributed by atoms with van der Waals surface area (Å²) in [7, 11) is 0. The van der Waals surface area contributed by atoms with Crippen LogP contribution in [0.15, 0.2) is 41.0 Å². The Balaban J connectivity index is 1.39. The number of oxazole rings is 1. The number of piperidine rings is 1. The standard InChI is InChI=1S/C19H27N3O2/c1-15-7-9-22(10-8-15)13-18(23)12-20-11-17-14-24-19(21-17)16-5-3-2-4-6-16/h2-6,14-15,18,20,23H,7-13H2,1H3. The highest BCUT2D eigenvalue weighted by Crippen LogP contribution is 2.18. The van der Waals surface area contributed by atoms with Crippen molar-refractivity contribution in [2.75, 3.05) is 26.2 Å². The van der Waals surface area contributed by atoms with E-state index < -0.39 is 0 Å². The van der Waals surface area contributed by atoms with Crippen molar-refractivity contribution in [1.29, 1.82) is 0 Å². The van der Waals surface area contributed by atoms with Crippen molar-refractivity contribution in [3.8, 4) is 11.5 Å². The van der Waals surface area contributed by atoms with E-state index in [0.717, 1.165) is 36.8 Å². The second-order valence-electron chi connectivity index (χ2n) is 6.78. The highest BCUT2D eigenvalue weighted by Gasteiger charge is 2.18. The van der Waals surface area contributed by atoms with Crippen molar-refractivity contribution in [1.82, 2.24) is 15.2 Å². The lowest BCUT2D eigenvalue weighted by molar-refractivity contribution is 0.0906. The van der Waals surface area contributed by atoms with Crippen molar-refractivity contribution >= 4 is 0 Å². The Labute approximate surface area is 143 Å². The molecule has 1 aliphatic rings. The molecule has 0 bridgehead atoms. The third-order valence-corrected chi connectivity index (χ3v) is 4.60. The number of aliphatic hydroxyl groups excluding tert-OH is 1. The number of β-amino-alcohol motifs (C(OH)–C–C–N with tert-alkyl or cyclic N) is 1. The summed E-state index contributed by atoms with van der Waals surface area (Å²) in [5.41, 5.74) is 1.83. The van der Waals surface area contributed by atoms with E-state index in [4.69, 9.17) is 4.42 Å². The van der Waals surface area contributed by atoms with Gasteiger partial charge in [-0.1, -0.05) is 25.1 Å². The Bertz CT molecular complexity index is 606. The molecule has 130 valence electrons. The minimum absolute atomic E-state index is 0.348. The van der Waals surface area contributed by atoms with E-state index in [-0.39, 0.29) is 6.10 Å². The first-order valence-corrected chi connectivity index (χ1v) is 8.81. The van der Waals surface area contributed by atoms with Crippen LogP contribution in [0.25, 0.3) is 11.5 Å². The number of hydrogen-bond donors (Lipinski definition) is 2. The molecule has 1 aromatic carbocycles. The van der Waals surface area contributed by atoms with Gasteiger partial charge in [-0.05, 0) is 44.0 Å². The number of hydrogen-bond acceptors (Lipinski definition) is 5. The van der Waals surface area contributed by atoms with Gasteiger partial charge in [0.25, 0.3) is 0 Å². The molecule has 0 aliphatic carbocycles. The van der Waals surface area contributed by atoms with E-state index in [1.165, 1.54) is 12.8 Å². The number of nitrogens with zero attached hydrogens (tertiary/aromatic N) is 2. The number of likely N-dealkylation sites (tertiary alicyclic amines) is 1. The highest BCUT2D eigenvalue weighted by atomic mass is 16.3. The topological polar surface area (TPSA) is 61.5 Å². The minimum Gasteiger partial charge on any atom is -0.444 e. The molecular formula is C19H27N3O2. The fraction of sp³-hybridized carbons (Fsp3) is 0.526. The molecule has 0 spiro atoms. The van der Waals surface area contributed by atoms with E-state index in [1.807, 2.05) is 30.3 Å². The molecule has 3 rings (SSSR count). The van der Waals surface area contributed by atoms with E-state index in [1.54, 1.807) is 6.26 Å². The quantitative estimate of drug-likeness (QED) is 0.817. The smallest absolute Gasteiger partial charge is 0.226 e. The Hall–Kier alpha value is -1.69. The maximum absolute atomic E-state index is 10.2. The van der Waals surface area contributed by atoms with Gasteiger partial charge < -0.3 is 19.7 Å². The van der Waals surface area contributed by atoms with Crippen LogP contribution in [0.5, 0.6) is 0 Å². The van der Waals surface area contributed by atoms with Gasteiger partial charge in [0.2, 0.25) is 5.89 Å². The van der Waals surface area contributed by atoms with Crippen molar-refractivity contribution in [2.24, 2.45) is 5.92 Å². The van der Waals surface area contributed by atoms with E-state index in [2.05, 4.69) is 22.1 Å². The second-order valence-corrected chi connectivity index (χ2v) is 6.78. The maximum Gasteiger partial charge on any atom is 0.226 e. The van der Waals surface area contributed by atoms with Gasteiger partial charge in [0.15, 0.2) is 0 Å². The van der Waals surface area contributed by atoms with Crippen molar-refractivity contribution in [3.63, 3.8) is 0 Å². The fourth-order valence-electron chi connectivity index (χ4n) is 3.08. The van der Waals surface area contributed by atoms with Gasteiger partial charge in [-0.15, -0.1) is 0 Å². The van der Waals surface area contributed by atoms with E-state index in [9.17, 15) is 5.11 Å². The summed E-state index contributed by atoms with van der Waals surface area (Å²) in [4.78, 5) is 6.84. The molecule has 1 atom stereocenters. The van der Waals surface area contributed by atoms with Gasteiger partial charge in [0.05, 0.1) is 11.8 Å². The van der Waals surface area contributed by atoms with Crippen LogP contribution >= 0.6 is 0 Å². The lowest BCUT2D eigenvalue weighted by Crippen LogP contribution is -2.41. The molecule has 0 amide bonds. The Kier molecular flexibility index (Phi) is 6.01. The summed E-state index contributed by atoms with van der Waals surface area (Å²) < 4.78 is 5.52. The van der Waals surface area contributed by atoms with Crippen molar-refractivity contribution < 1.29 is 9.52 Å². The zero-order chi connectivity index (χ0) is 16.8. The lowest BCUT2D eigenvalue weighted by atomic mass is 9.99. The molecule has 5 heteroatoms. The average Bonchev–Trinajstić information content (AvgIpc) is 3.07. The summed E-state index contributed by atoms with van der Waals surface area (Å²) in [6.07, 6.45) is 3.80. The van der Waals surface area contributed by atoms with Crippen molar-refractivity contribution in [2.45, 2.75) is 32.4 Å². The highest BCUT2D eigenvalue weighted by molar-refractivity contribution is 5.52. The van der Waals surface area contributed by atoms with Gasteiger partial charge in [0.1, 0.15) is 6.26 Å². The fourth-order valence-corrected chi connectivity index (χ4v) is 3.08. The first-order chi connectivity index (χ1) is 11.7. The number of nitrogens with one attached hydrogen (secondary N) is 1. The molecule has 1 fully saturated rings. The van der Waals surface area contributed by atoms with Crippen LogP contribution < -0.4 is 5.32 Å². The van der Waals surface area contributed by atoms with E-state index in [0.29, 0.717) is 19.0 Å². The third-order valence-electron chi connectivity index (χ3n) is 4.60. The lowest BCUT2D eigenvalue weighted by Gasteiger charge is -2.31. The molecule has 2 aromatic rings. The van der Waals surface area contributed by atoms with Crippen LogP contribution in [0.3, 0.4) is 0 Å². The predicted octanol–water partition coefficient (Wildman–Crippen LogP) is 2.52. The van der Waals surface area contributed by atoms with Crippen LogP contribution in [0.1, 0.15) is 25.5 Å². The third kappa shape index (κ3) is 4.90. The van der Waals surface area contributed by atoms with Crippen LogP contribution in [-0.4, -0.2) is 47.3 Å². The summed E-state index contributed by atoms with van der Waals surface area (Å²) >= 11 is 0. The molecule has 2 N–H and O–H groups in total. The summed E-state index contributed by atoms with van der Waals surface area (Å²) in [6, 6.07) is 9.86. The van der Waals surface area contributed by atoms with Gasteiger partial charge in [-0.3, -0.25) is 0 Å². The van der Waals surface area contributed by atoms with Crippen LogP contribution in [0.4, 0.5) is 0 Å². The van der Waals surface area contributed by atoms with Crippen LogP contribution in [-0.2, 0) is 6.54 Å². The first-order valence-electron chi connectivity index (χ1n) is 8.81. The van der Waals surface area contributed by atoms with Gasteiger partial charge in [-0.2, -0.15) is 0 Å². The molecule has 0 radical (unpaired) electrons. The largest absolute Gasteiger partial charge is 0.444 e. The Morgan fingerprint density at radius 2 is 2.04 bits per heavy atom. The predicted molar refractivity (Wildman–Crippen MR) is 94.5 cm³/mol. The zero-order valence-corrected chi connectivity index (χ0v) is 14.3. The molecule has 1 aromatic heterocycles. The number of aliphatic hydroxyl groups is 1. The minimum atomic E-state index is -0.348. The monoisotopic (exact) mass is 329 g/mol. The summed E-state index contributed by atoms with van der Waals surface area (Å²) in [5.74, 6) is 1.46. The molecule has 24 heavy (non-hydrogen) atoms. The number of benzene rings is 1. The van der Waals surface area contributed by atoms with Crippen LogP contribution in [0, 0.1) is 5.92 Å². The molecule has 1 aliphatic heterocycles. The molecule has 1 unspecified atom stereocenters. The molecule has 5 nitrogen and oxygen atoms in total. The summed E-state index contributed by atoms with van der Waals surface area (Å²) in [5, 5.41) is 13.4. The molecule has 1 saturated heterocycles. The van der Waals surface area contributed by atoms with Gasteiger partial charge in [0, 0.05) is 25.2 Å². The van der Waals surface area contributed by atoms with E-state index >= 15 is 0 Å². The average molecular weight is 329 g/mol. The number of aromatic nitrogens is 1. The second kappa shape index (κ2) is 8.42. The zero-order valence-electron chi connectivity index (χ0n) is 14.3. The SMILES string of the molecule is CC1CCN(CC(O)CNCc2coc(-c3ccccc3)n2)CC1.